The average molecular weight is 173 g/mol. The van der Waals surface area contributed by atoms with Crippen LogP contribution in [0.4, 0.5) is 0 Å². The molecule has 0 saturated carbocycles. The molecule has 0 aromatic rings. The van der Waals surface area contributed by atoms with E-state index in [-0.39, 0.29) is 12.5 Å². The number of rotatable bonds is 3. The first kappa shape index (κ1) is 10.1. The van der Waals surface area contributed by atoms with E-state index in [0.29, 0.717) is 10.5 Å². The Morgan fingerprint density at radius 2 is 2.27 bits per heavy atom. The summed E-state index contributed by atoms with van der Waals surface area (Å²) in [6.45, 7) is 3.49. The quantitative estimate of drug-likeness (QED) is 0.318. The van der Waals surface area contributed by atoms with Gasteiger partial charge in [0.1, 0.15) is 0 Å². The van der Waals surface area contributed by atoms with E-state index >= 15 is 0 Å². The minimum Gasteiger partial charge on any atom is -0.528 e. The Morgan fingerprint density at radius 3 is 2.64 bits per heavy atom. The lowest BCUT2D eigenvalue weighted by atomic mass is 9.94. The highest BCUT2D eigenvalue weighted by atomic mass is 28.2. The Balaban J connectivity index is 4.20. The minimum atomic E-state index is -0.695. The van der Waals surface area contributed by atoms with Crippen LogP contribution in [0.2, 0.25) is 0 Å². The maximum absolute atomic E-state index is 11.0. The van der Waals surface area contributed by atoms with E-state index in [1.807, 2.05) is 0 Å². The molecule has 11 heavy (non-hydrogen) atoms. The zero-order valence-corrected chi connectivity index (χ0v) is 8.88. The Bertz CT molecular complexity index is 196. The number of isocyanates is 1. The number of carbonyl (C=O) groups excluding carboxylic acids is 2. The van der Waals surface area contributed by atoms with Crippen molar-refractivity contribution in [2.75, 3.05) is 6.54 Å². The predicted octanol–water partition coefficient (Wildman–Crippen LogP) is -0.828. The van der Waals surface area contributed by atoms with Crippen molar-refractivity contribution in [3.63, 3.8) is 0 Å². The molecule has 0 aliphatic heterocycles. The zero-order valence-electron chi connectivity index (χ0n) is 6.88. The summed E-state index contributed by atoms with van der Waals surface area (Å²) in [7, 11) is 0.373. The Labute approximate surface area is 68.2 Å². The van der Waals surface area contributed by atoms with Crippen molar-refractivity contribution in [1.29, 1.82) is 0 Å². The minimum absolute atomic E-state index is 0.136. The molecule has 0 saturated heterocycles. The second-order valence-corrected chi connectivity index (χ2v) is 3.19. The first-order valence-electron chi connectivity index (χ1n) is 3.16. The van der Waals surface area contributed by atoms with E-state index in [2.05, 4.69) is 9.42 Å². The van der Waals surface area contributed by atoms with Crippen LogP contribution < -0.4 is 0 Å². The van der Waals surface area contributed by atoms with Gasteiger partial charge in [0, 0.05) is 0 Å². The van der Waals surface area contributed by atoms with Gasteiger partial charge < -0.3 is 4.43 Å². The second-order valence-electron chi connectivity index (χ2n) is 2.78. The van der Waals surface area contributed by atoms with Gasteiger partial charge in [0.15, 0.2) is 0 Å². The molecule has 0 aromatic heterocycles. The lowest BCUT2D eigenvalue weighted by Gasteiger charge is -2.17. The maximum atomic E-state index is 11.0. The Kier molecular flexibility index (Phi) is 3.71. The van der Waals surface area contributed by atoms with Crippen molar-refractivity contribution in [3.8, 4) is 0 Å². The Morgan fingerprint density at radius 1 is 1.73 bits per heavy atom. The summed E-state index contributed by atoms with van der Waals surface area (Å²) in [5.74, 6) is -0.317. The van der Waals surface area contributed by atoms with Gasteiger partial charge in [-0.3, -0.25) is 4.79 Å². The van der Waals surface area contributed by atoms with Crippen LogP contribution in [0.1, 0.15) is 13.8 Å². The van der Waals surface area contributed by atoms with Gasteiger partial charge in [-0.2, -0.15) is 0 Å². The van der Waals surface area contributed by atoms with E-state index < -0.39 is 5.41 Å². The number of nitrogens with zero attached hydrogens (tertiary/aromatic N) is 1. The molecule has 0 amide bonds. The van der Waals surface area contributed by atoms with Crippen molar-refractivity contribution in [3.05, 3.63) is 0 Å². The van der Waals surface area contributed by atoms with Gasteiger partial charge in [0.2, 0.25) is 16.6 Å². The zero-order chi connectivity index (χ0) is 8.91. The van der Waals surface area contributed by atoms with Crippen LogP contribution in [-0.2, 0) is 14.0 Å². The largest absolute Gasteiger partial charge is 0.528 e. The third-order valence-corrected chi connectivity index (χ3v) is 1.65. The number of hydrogen-bond donors (Lipinski definition) is 0. The van der Waals surface area contributed by atoms with Crippen LogP contribution in [-0.4, -0.2) is 29.1 Å². The van der Waals surface area contributed by atoms with Crippen molar-refractivity contribution >= 4 is 22.5 Å². The van der Waals surface area contributed by atoms with E-state index in [4.69, 9.17) is 0 Å². The van der Waals surface area contributed by atoms with E-state index in [1.165, 1.54) is 6.08 Å². The SMILES string of the molecule is CC(C)(CN=C=O)C(=O)O[SiH3]. The summed E-state index contributed by atoms with van der Waals surface area (Å²) in [6, 6.07) is 0. The normalized spacial score (nSPS) is 10.4. The fourth-order valence-corrected chi connectivity index (χ4v) is 1.12. The topological polar surface area (TPSA) is 55.7 Å². The highest BCUT2D eigenvalue weighted by molar-refractivity contribution is 6.06. The van der Waals surface area contributed by atoms with Crippen LogP contribution in [0.15, 0.2) is 4.99 Å². The molecule has 0 spiro atoms. The molecule has 4 nitrogen and oxygen atoms in total. The summed E-state index contributed by atoms with van der Waals surface area (Å²) >= 11 is 0. The lowest BCUT2D eigenvalue weighted by molar-refractivity contribution is -0.142. The average Bonchev–Trinajstić information content (AvgIpc) is 1.99. The number of carbonyl (C=O) groups is 1. The van der Waals surface area contributed by atoms with Crippen molar-refractivity contribution < 1.29 is 14.0 Å². The molecule has 0 bridgehead atoms. The van der Waals surface area contributed by atoms with Gasteiger partial charge >= 0.3 is 0 Å². The molecule has 0 heterocycles. The molecule has 0 radical (unpaired) electrons. The van der Waals surface area contributed by atoms with Gasteiger partial charge in [-0.15, -0.1) is 0 Å². The van der Waals surface area contributed by atoms with Crippen LogP contribution in [0.3, 0.4) is 0 Å². The van der Waals surface area contributed by atoms with Gasteiger partial charge in [-0.05, 0) is 13.8 Å². The second kappa shape index (κ2) is 4.05. The summed E-state index contributed by atoms with van der Waals surface area (Å²) in [5.41, 5.74) is -0.695. The first-order valence-corrected chi connectivity index (χ1v) is 3.98. The molecular formula is C6H11NO3Si. The standard InChI is InChI=1S/C6H11NO3Si/c1-6(2,3-7-4-8)5(9)10-11/h3H2,1-2,11H3. The fourth-order valence-electron chi connectivity index (χ4n) is 0.571. The van der Waals surface area contributed by atoms with Gasteiger partial charge in [-0.1, -0.05) is 0 Å². The summed E-state index contributed by atoms with van der Waals surface area (Å²) < 4.78 is 4.62. The van der Waals surface area contributed by atoms with Crippen LogP contribution in [0.5, 0.6) is 0 Å². The van der Waals surface area contributed by atoms with Crippen molar-refractivity contribution in [2.45, 2.75) is 13.8 Å². The maximum Gasteiger partial charge on any atom is 0.299 e. The molecule has 0 N–H and O–H groups in total. The molecule has 0 aromatic carbocycles. The monoisotopic (exact) mass is 173 g/mol. The van der Waals surface area contributed by atoms with E-state index in [1.54, 1.807) is 13.8 Å². The Hall–Kier alpha value is -0.933. The molecule has 62 valence electrons. The highest BCUT2D eigenvalue weighted by Crippen LogP contribution is 2.16. The van der Waals surface area contributed by atoms with Crippen molar-refractivity contribution in [1.82, 2.24) is 0 Å². The molecule has 0 atom stereocenters. The van der Waals surface area contributed by atoms with Crippen LogP contribution in [0, 0.1) is 5.41 Å². The summed E-state index contributed by atoms with van der Waals surface area (Å²) in [4.78, 5) is 24.0. The number of hydrogen-bond acceptors (Lipinski definition) is 4. The molecule has 0 aliphatic carbocycles. The predicted molar refractivity (Wildman–Crippen MR) is 42.8 cm³/mol. The first-order chi connectivity index (χ1) is 5.04. The van der Waals surface area contributed by atoms with E-state index in [9.17, 15) is 9.59 Å². The van der Waals surface area contributed by atoms with Crippen LogP contribution in [0.25, 0.3) is 0 Å². The number of aliphatic imine (C=N–C) groups is 1. The third-order valence-electron chi connectivity index (χ3n) is 1.28. The fraction of sp³-hybridized carbons (Fsp3) is 0.667. The lowest BCUT2D eigenvalue weighted by Crippen LogP contribution is -2.28. The summed E-state index contributed by atoms with van der Waals surface area (Å²) in [6.07, 6.45) is 1.38. The molecule has 0 fully saturated rings. The van der Waals surface area contributed by atoms with Gasteiger partial charge in [-0.25, -0.2) is 9.79 Å². The molecule has 0 rings (SSSR count). The van der Waals surface area contributed by atoms with Crippen LogP contribution >= 0.6 is 0 Å². The summed E-state index contributed by atoms with van der Waals surface area (Å²) in [5, 5.41) is 0. The van der Waals surface area contributed by atoms with Crippen molar-refractivity contribution in [2.24, 2.45) is 10.4 Å². The van der Waals surface area contributed by atoms with Gasteiger partial charge in [0.25, 0.3) is 5.97 Å². The van der Waals surface area contributed by atoms with Gasteiger partial charge in [0.05, 0.1) is 12.0 Å². The molecule has 0 aliphatic rings. The highest BCUT2D eigenvalue weighted by Gasteiger charge is 2.27. The smallest absolute Gasteiger partial charge is 0.299 e. The van der Waals surface area contributed by atoms with E-state index in [0.717, 1.165) is 0 Å². The molecule has 0 unspecified atom stereocenters. The molecule has 5 heteroatoms. The molecular weight excluding hydrogens is 162 g/mol. The third kappa shape index (κ3) is 3.11.